The lowest BCUT2D eigenvalue weighted by Gasteiger charge is -2.10. The Kier molecular flexibility index (Phi) is 9.89. The Labute approximate surface area is 98.5 Å². The van der Waals surface area contributed by atoms with Gasteiger partial charge in [-0.25, -0.2) is 0 Å². The fraction of sp³-hybridized carbons (Fsp3) is 0.909. The Balaban J connectivity index is 3.78. The van der Waals surface area contributed by atoms with E-state index in [-0.39, 0.29) is 0 Å². The summed E-state index contributed by atoms with van der Waals surface area (Å²) >= 11 is 1.85. The van der Waals surface area contributed by atoms with Crippen LogP contribution in [0, 0.1) is 5.92 Å². The zero-order valence-corrected chi connectivity index (χ0v) is 11.3. The molecule has 0 spiro atoms. The largest absolute Gasteiger partial charge is 0.357 e. The van der Waals surface area contributed by atoms with E-state index in [2.05, 4.69) is 42.7 Å². The first-order chi connectivity index (χ1) is 7.20. The van der Waals surface area contributed by atoms with E-state index >= 15 is 0 Å². The molecule has 0 rings (SSSR count). The predicted octanol–water partition coefficient (Wildman–Crippen LogP) is 1.95. The minimum absolute atomic E-state index is 0.725. The molecule has 0 saturated heterocycles. The van der Waals surface area contributed by atoms with Crippen molar-refractivity contribution in [1.82, 2.24) is 10.6 Å². The second-order valence-corrected chi connectivity index (χ2v) is 4.85. The van der Waals surface area contributed by atoms with Crippen LogP contribution in [0.1, 0.15) is 27.2 Å². The van der Waals surface area contributed by atoms with Gasteiger partial charge in [-0.1, -0.05) is 13.8 Å². The summed E-state index contributed by atoms with van der Waals surface area (Å²) in [6.07, 6.45) is 3.27. The van der Waals surface area contributed by atoms with Gasteiger partial charge in [-0.05, 0) is 25.5 Å². The van der Waals surface area contributed by atoms with Crippen molar-refractivity contribution < 1.29 is 0 Å². The zero-order chi connectivity index (χ0) is 11.5. The number of rotatable bonds is 7. The molecule has 0 aliphatic carbocycles. The lowest BCUT2D eigenvalue weighted by molar-refractivity contribution is 0.594. The van der Waals surface area contributed by atoms with Crippen molar-refractivity contribution in [3.8, 4) is 0 Å². The quantitative estimate of drug-likeness (QED) is 0.399. The molecule has 0 heterocycles. The molecule has 0 aliphatic heterocycles. The van der Waals surface area contributed by atoms with Crippen LogP contribution >= 0.6 is 11.8 Å². The molecule has 90 valence electrons. The van der Waals surface area contributed by atoms with Crippen molar-refractivity contribution in [2.75, 3.05) is 31.6 Å². The highest BCUT2D eigenvalue weighted by molar-refractivity contribution is 7.98. The van der Waals surface area contributed by atoms with Crippen LogP contribution in [0.5, 0.6) is 0 Å². The molecule has 0 saturated carbocycles. The second kappa shape index (κ2) is 10.1. The van der Waals surface area contributed by atoms with Crippen molar-refractivity contribution in [2.45, 2.75) is 27.2 Å². The first-order valence-corrected chi connectivity index (χ1v) is 7.11. The van der Waals surface area contributed by atoms with Crippen LogP contribution < -0.4 is 10.6 Å². The van der Waals surface area contributed by atoms with Crippen molar-refractivity contribution in [3.63, 3.8) is 0 Å². The molecule has 3 nitrogen and oxygen atoms in total. The van der Waals surface area contributed by atoms with E-state index in [1.54, 1.807) is 0 Å². The SMILES string of the molecule is CCNC(=NCCC(C)C)NCCSC. The Morgan fingerprint density at radius 2 is 2.07 bits per heavy atom. The van der Waals surface area contributed by atoms with Crippen LogP contribution in [0.25, 0.3) is 0 Å². The highest BCUT2D eigenvalue weighted by Gasteiger charge is 1.96. The Morgan fingerprint density at radius 1 is 1.33 bits per heavy atom. The topological polar surface area (TPSA) is 36.4 Å². The maximum absolute atomic E-state index is 4.51. The molecule has 0 aromatic rings. The van der Waals surface area contributed by atoms with Crippen LogP contribution in [-0.2, 0) is 0 Å². The number of nitrogens with zero attached hydrogens (tertiary/aromatic N) is 1. The molecule has 0 atom stereocenters. The molecule has 0 amide bonds. The van der Waals surface area contributed by atoms with Crippen molar-refractivity contribution in [2.24, 2.45) is 10.9 Å². The number of nitrogens with one attached hydrogen (secondary N) is 2. The molecular weight excluding hydrogens is 206 g/mol. The maximum Gasteiger partial charge on any atom is 0.191 e. The van der Waals surface area contributed by atoms with Gasteiger partial charge in [0.2, 0.25) is 0 Å². The van der Waals surface area contributed by atoms with Gasteiger partial charge in [0.05, 0.1) is 0 Å². The molecule has 0 radical (unpaired) electrons. The number of thioether (sulfide) groups is 1. The molecular formula is C11H25N3S. The predicted molar refractivity (Wildman–Crippen MR) is 71.8 cm³/mol. The summed E-state index contributed by atoms with van der Waals surface area (Å²) in [6.45, 7) is 9.36. The van der Waals surface area contributed by atoms with Gasteiger partial charge in [0.25, 0.3) is 0 Å². The first kappa shape index (κ1) is 14.6. The van der Waals surface area contributed by atoms with Crippen molar-refractivity contribution in [1.29, 1.82) is 0 Å². The smallest absolute Gasteiger partial charge is 0.191 e. The van der Waals surface area contributed by atoms with E-state index in [1.165, 1.54) is 0 Å². The third kappa shape index (κ3) is 9.91. The maximum atomic E-state index is 4.51. The molecule has 0 unspecified atom stereocenters. The van der Waals surface area contributed by atoms with Crippen LogP contribution in [-0.4, -0.2) is 37.6 Å². The van der Waals surface area contributed by atoms with Gasteiger partial charge >= 0.3 is 0 Å². The summed E-state index contributed by atoms with van der Waals surface area (Å²) in [7, 11) is 0. The number of hydrogen-bond acceptors (Lipinski definition) is 2. The van der Waals surface area contributed by atoms with E-state index < -0.39 is 0 Å². The molecule has 15 heavy (non-hydrogen) atoms. The van der Waals surface area contributed by atoms with Gasteiger partial charge in [-0.2, -0.15) is 11.8 Å². The van der Waals surface area contributed by atoms with E-state index in [9.17, 15) is 0 Å². The normalized spacial score (nSPS) is 11.9. The minimum Gasteiger partial charge on any atom is -0.357 e. The van der Waals surface area contributed by atoms with E-state index in [0.29, 0.717) is 0 Å². The van der Waals surface area contributed by atoms with Crippen molar-refractivity contribution >= 4 is 17.7 Å². The highest BCUT2D eigenvalue weighted by atomic mass is 32.2. The molecule has 2 N–H and O–H groups in total. The van der Waals surface area contributed by atoms with Gasteiger partial charge in [-0.3, -0.25) is 4.99 Å². The van der Waals surface area contributed by atoms with Gasteiger partial charge in [0.15, 0.2) is 5.96 Å². The van der Waals surface area contributed by atoms with E-state index in [0.717, 1.165) is 43.7 Å². The summed E-state index contributed by atoms with van der Waals surface area (Å²) in [5.41, 5.74) is 0. The summed E-state index contributed by atoms with van der Waals surface area (Å²) in [6, 6.07) is 0. The average Bonchev–Trinajstić information content (AvgIpc) is 2.17. The molecule has 0 bridgehead atoms. The lowest BCUT2D eigenvalue weighted by atomic mass is 10.1. The Bertz CT molecular complexity index is 169. The third-order valence-corrected chi connectivity index (χ3v) is 2.53. The Morgan fingerprint density at radius 3 is 2.60 bits per heavy atom. The summed E-state index contributed by atoms with van der Waals surface area (Å²) in [5.74, 6) is 2.80. The third-order valence-electron chi connectivity index (χ3n) is 1.92. The highest BCUT2D eigenvalue weighted by Crippen LogP contribution is 1.98. The van der Waals surface area contributed by atoms with E-state index in [1.807, 2.05) is 11.8 Å². The van der Waals surface area contributed by atoms with Crippen LogP contribution in [0.15, 0.2) is 4.99 Å². The molecule has 0 aromatic heterocycles. The van der Waals surface area contributed by atoms with Gasteiger partial charge in [-0.15, -0.1) is 0 Å². The monoisotopic (exact) mass is 231 g/mol. The average molecular weight is 231 g/mol. The van der Waals surface area contributed by atoms with Gasteiger partial charge < -0.3 is 10.6 Å². The van der Waals surface area contributed by atoms with Crippen LogP contribution in [0.2, 0.25) is 0 Å². The number of aliphatic imine (C=N–C) groups is 1. The summed E-state index contributed by atoms with van der Waals surface area (Å²) < 4.78 is 0. The Hall–Kier alpha value is -0.380. The standard InChI is InChI=1S/C11H25N3S/c1-5-12-11(14-8-9-15-4)13-7-6-10(2)3/h10H,5-9H2,1-4H3,(H2,12,13,14). The fourth-order valence-electron chi connectivity index (χ4n) is 1.05. The fourth-order valence-corrected chi connectivity index (χ4v) is 1.35. The zero-order valence-electron chi connectivity index (χ0n) is 10.5. The number of hydrogen-bond donors (Lipinski definition) is 2. The minimum atomic E-state index is 0.725. The molecule has 4 heteroatoms. The van der Waals surface area contributed by atoms with Gasteiger partial charge in [0.1, 0.15) is 0 Å². The molecule has 0 fully saturated rings. The summed E-state index contributed by atoms with van der Waals surface area (Å²) in [4.78, 5) is 4.51. The van der Waals surface area contributed by atoms with Crippen LogP contribution in [0.4, 0.5) is 0 Å². The van der Waals surface area contributed by atoms with Crippen LogP contribution in [0.3, 0.4) is 0 Å². The van der Waals surface area contributed by atoms with E-state index in [4.69, 9.17) is 0 Å². The number of guanidine groups is 1. The van der Waals surface area contributed by atoms with Gasteiger partial charge in [0, 0.05) is 25.4 Å². The molecule has 0 aliphatic rings. The van der Waals surface area contributed by atoms with Crippen molar-refractivity contribution in [3.05, 3.63) is 0 Å². The lowest BCUT2D eigenvalue weighted by Crippen LogP contribution is -2.38. The second-order valence-electron chi connectivity index (χ2n) is 3.86. The molecule has 0 aromatic carbocycles. The first-order valence-electron chi connectivity index (χ1n) is 5.71. The summed E-state index contributed by atoms with van der Waals surface area (Å²) in [5, 5.41) is 6.56.